The third-order valence-electron chi connectivity index (χ3n) is 1.72. The molecule has 1 aromatic rings. The van der Waals surface area contributed by atoms with E-state index in [2.05, 4.69) is 9.72 Å². The molecule has 1 atom stereocenters. The molecule has 0 aliphatic rings. The first-order valence-corrected chi connectivity index (χ1v) is 4.02. The quantitative estimate of drug-likeness (QED) is 0.661. The number of methoxy groups -OCH3 is 1. The molecule has 2 N–H and O–H groups in total. The van der Waals surface area contributed by atoms with E-state index in [1.807, 2.05) is 0 Å². The van der Waals surface area contributed by atoms with Gasteiger partial charge in [-0.2, -0.15) is 0 Å². The number of hydrogen-bond acceptors (Lipinski definition) is 5. The van der Waals surface area contributed by atoms with Gasteiger partial charge in [0.15, 0.2) is 0 Å². The second-order valence-electron chi connectivity index (χ2n) is 2.66. The monoisotopic (exact) mass is 197 g/mol. The highest BCUT2D eigenvalue weighted by atomic mass is 16.5. The molecule has 0 amide bonds. The number of aromatic nitrogens is 1. The second-order valence-corrected chi connectivity index (χ2v) is 2.66. The molecule has 0 spiro atoms. The fraction of sp³-hybridized carbons (Fsp3) is 0.333. The van der Waals surface area contributed by atoms with Crippen LogP contribution in [0.4, 0.5) is 0 Å². The first kappa shape index (κ1) is 10.6. The predicted molar refractivity (Wildman–Crippen MR) is 47.6 cm³/mol. The van der Waals surface area contributed by atoms with Crippen LogP contribution >= 0.6 is 0 Å². The molecule has 0 bridgehead atoms. The van der Waals surface area contributed by atoms with E-state index in [-0.39, 0.29) is 0 Å². The minimum absolute atomic E-state index is 0.307. The van der Waals surface area contributed by atoms with Gasteiger partial charge >= 0.3 is 5.97 Å². The van der Waals surface area contributed by atoms with Gasteiger partial charge in [0.1, 0.15) is 6.10 Å². The molecule has 5 heteroatoms. The number of rotatable bonds is 3. The van der Waals surface area contributed by atoms with Gasteiger partial charge in [0.25, 0.3) is 0 Å². The summed E-state index contributed by atoms with van der Waals surface area (Å²) in [4.78, 5) is 14.8. The standard InChI is InChI=1S/C9H11NO4/c1-14-9(13)6-2-3-7(10-4-6)8(12)5-11/h2-4,8,11-12H,5H2,1H3. The van der Waals surface area contributed by atoms with E-state index in [1.165, 1.54) is 25.4 Å². The molecule has 0 aromatic carbocycles. The number of aliphatic hydroxyl groups excluding tert-OH is 2. The summed E-state index contributed by atoms with van der Waals surface area (Å²) in [6, 6.07) is 2.94. The summed E-state index contributed by atoms with van der Waals surface area (Å²) in [6.45, 7) is -0.398. The fourth-order valence-electron chi connectivity index (χ4n) is 0.935. The topological polar surface area (TPSA) is 79.7 Å². The predicted octanol–water partition coefficient (Wildman–Crippen LogP) is -0.106. The number of ether oxygens (including phenoxy) is 1. The van der Waals surface area contributed by atoms with Crippen LogP contribution < -0.4 is 0 Å². The molecule has 1 aromatic heterocycles. The van der Waals surface area contributed by atoms with Crippen LogP contribution in [0.2, 0.25) is 0 Å². The van der Waals surface area contributed by atoms with Crippen molar-refractivity contribution in [1.82, 2.24) is 4.98 Å². The lowest BCUT2D eigenvalue weighted by Crippen LogP contribution is -2.07. The Morgan fingerprint density at radius 1 is 1.64 bits per heavy atom. The minimum atomic E-state index is -1.01. The van der Waals surface area contributed by atoms with Gasteiger partial charge in [-0.25, -0.2) is 4.79 Å². The minimum Gasteiger partial charge on any atom is -0.465 e. The summed E-state index contributed by atoms with van der Waals surface area (Å²) in [6.07, 6.45) is 0.279. The van der Waals surface area contributed by atoms with Gasteiger partial charge in [0, 0.05) is 6.20 Å². The average molecular weight is 197 g/mol. The van der Waals surface area contributed by atoms with Crippen LogP contribution in [0.1, 0.15) is 22.2 Å². The molecule has 1 heterocycles. The highest BCUT2D eigenvalue weighted by molar-refractivity contribution is 5.88. The van der Waals surface area contributed by atoms with Crippen LogP contribution in [0, 0.1) is 0 Å². The normalized spacial score (nSPS) is 12.2. The molecule has 1 unspecified atom stereocenters. The van der Waals surface area contributed by atoms with Crippen LogP contribution in [0.25, 0.3) is 0 Å². The highest BCUT2D eigenvalue weighted by Crippen LogP contribution is 2.09. The van der Waals surface area contributed by atoms with Crippen molar-refractivity contribution in [3.63, 3.8) is 0 Å². The van der Waals surface area contributed by atoms with Crippen LogP contribution in [0.3, 0.4) is 0 Å². The Morgan fingerprint density at radius 2 is 2.36 bits per heavy atom. The lowest BCUT2D eigenvalue weighted by molar-refractivity contribution is 0.0599. The number of aliphatic hydroxyl groups is 2. The van der Waals surface area contributed by atoms with Crippen LogP contribution in [-0.2, 0) is 4.74 Å². The zero-order valence-corrected chi connectivity index (χ0v) is 7.67. The summed E-state index contributed by atoms with van der Waals surface area (Å²) < 4.78 is 4.47. The smallest absolute Gasteiger partial charge is 0.339 e. The van der Waals surface area contributed by atoms with E-state index in [0.29, 0.717) is 11.3 Å². The van der Waals surface area contributed by atoms with Gasteiger partial charge in [-0.15, -0.1) is 0 Å². The molecule has 14 heavy (non-hydrogen) atoms. The zero-order chi connectivity index (χ0) is 10.6. The zero-order valence-electron chi connectivity index (χ0n) is 7.67. The molecule has 0 saturated heterocycles. The Kier molecular flexibility index (Phi) is 3.55. The number of carbonyl (C=O) groups is 1. The van der Waals surface area contributed by atoms with Crippen LogP contribution in [0.15, 0.2) is 18.3 Å². The van der Waals surface area contributed by atoms with Crippen LogP contribution in [0.5, 0.6) is 0 Å². The number of carbonyl (C=O) groups excluding carboxylic acids is 1. The molecule has 76 valence electrons. The van der Waals surface area contributed by atoms with E-state index in [1.54, 1.807) is 0 Å². The van der Waals surface area contributed by atoms with Gasteiger partial charge < -0.3 is 14.9 Å². The molecule has 5 nitrogen and oxygen atoms in total. The van der Waals surface area contributed by atoms with Crippen molar-refractivity contribution in [2.45, 2.75) is 6.10 Å². The molecule has 0 saturated carbocycles. The lowest BCUT2D eigenvalue weighted by Gasteiger charge is -2.06. The van der Waals surface area contributed by atoms with Crippen molar-refractivity contribution in [1.29, 1.82) is 0 Å². The van der Waals surface area contributed by atoms with Gasteiger partial charge in [0.05, 0.1) is 25.0 Å². The van der Waals surface area contributed by atoms with Crippen molar-refractivity contribution in [2.24, 2.45) is 0 Å². The summed E-state index contributed by atoms with van der Waals surface area (Å²) in [7, 11) is 1.28. The Bertz CT molecular complexity index is 309. The Hall–Kier alpha value is -1.46. The fourth-order valence-corrected chi connectivity index (χ4v) is 0.935. The molecular weight excluding hydrogens is 186 g/mol. The first-order valence-electron chi connectivity index (χ1n) is 4.02. The largest absolute Gasteiger partial charge is 0.465 e. The molecule has 0 aliphatic carbocycles. The molecule has 0 fully saturated rings. The summed E-state index contributed by atoms with van der Waals surface area (Å²) in [5.41, 5.74) is 0.626. The Labute approximate surface area is 81.0 Å². The average Bonchev–Trinajstić information content (AvgIpc) is 2.27. The van der Waals surface area contributed by atoms with Crippen molar-refractivity contribution in [2.75, 3.05) is 13.7 Å². The lowest BCUT2D eigenvalue weighted by atomic mass is 10.2. The van der Waals surface area contributed by atoms with Crippen molar-refractivity contribution in [3.05, 3.63) is 29.6 Å². The summed E-state index contributed by atoms with van der Waals surface area (Å²) in [5, 5.41) is 17.8. The van der Waals surface area contributed by atoms with Gasteiger partial charge in [-0.1, -0.05) is 0 Å². The third kappa shape index (κ3) is 2.27. The Morgan fingerprint density at radius 3 is 2.79 bits per heavy atom. The molecule has 0 radical (unpaired) electrons. The first-order chi connectivity index (χ1) is 6.69. The molecular formula is C9H11NO4. The van der Waals surface area contributed by atoms with Crippen molar-refractivity contribution < 1.29 is 19.7 Å². The van der Waals surface area contributed by atoms with Crippen LogP contribution in [-0.4, -0.2) is 34.9 Å². The molecule has 1 rings (SSSR count). The molecule has 0 aliphatic heterocycles. The Balaban J connectivity index is 2.83. The van der Waals surface area contributed by atoms with Crippen molar-refractivity contribution in [3.8, 4) is 0 Å². The van der Waals surface area contributed by atoms with E-state index < -0.39 is 18.7 Å². The van der Waals surface area contributed by atoms with E-state index in [0.717, 1.165) is 0 Å². The summed E-state index contributed by atoms with van der Waals surface area (Å²) in [5.74, 6) is -0.484. The van der Waals surface area contributed by atoms with E-state index in [9.17, 15) is 9.90 Å². The maximum Gasteiger partial charge on any atom is 0.339 e. The number of hydrogen-bond donors (Lipinski definition) is 2. The van der Waals surface area contributed by atoms with Gasteiger partial charge in [-0.3, -0.25) is 4.98 Å². The van der Waals surface area contributed by atoms with E-state index >= 15 is 0 Å². The number of nitrogens with zero attached hydrogens (tertiary/aromatic N) is 1. The van der Waals surface area contributed by atoms with Gasteiger partial charge in [0.2, 0.25) is 0 Å². The maximum absolute atomic E-state index is 11.0. The highest BCUT2D eigenvalue weighted by Gasteiger charge is 2.09. The number of esters is 1. The SMILES string of the molecule is COC(=O)c1ccc(C(O)CO)nc1. The maximum atomic E-state index is 11.0. The van der Waals surface area contributed by atoms with Gasteiger partial charge in [-0.05, 0) is 12.1 Å². The third-order valence-corrected chi connectivity index (χ3v) is 1.72. The van der Waals surface area contributed by atoms with Crippen molar-refractivity contribution >= 4 is 5.97 Å². The van der Waals surface area contributed by atoms with E-state index in [4.69, 9.17) is 5.11 Å². The number of pyridine rings is 1. The second kappa shape index (κ2) is 4.69. The summed E-state index contributed by atoms with van der Waals surface area (Å²) >= 11 is 0.